The molecular weight excluding hydrogens is 644 g/mol. The van der Waals surface area contributed by atoms with Crippen molar-refractivity contribution in [2.45, 2.75) is 31.3 Å². The second kappa shape index (κ2) is 17.7. The van der Waals surface area contributed by atoms with E-state index in [2.05, 4.69) is 31.3 Å². The number of methoxy groups -OCH3 is 4. The zero-order chi connectivity index (χ0) is 36.1. The van der Waals surface area contributed by atoms with Crippen LogP contribution in [-0.2, 0) is 19.2 Å². The lowest BCUT2D eigenvalue weighted by Crippen LogP contribution is -2.50. The van der Waals surface area contributed by atoms with Crippen LogP contribution in [0.2, 0.25) is 0 Å². The summed E-state index contributed by atoms with van der Waals surface area (Å²) in [4.78, 5) is 53.2. The molecule has 0 fully saturated rings. The number of carbonyl (C=O) groups excluding carboxylic acids is 3. The highest BCUT2D eigenvalue weighted by Gasteiger charge is 2.24. The number of carboxylic acid groups (broad SMARTS) is 1. The summed E-state index contributed by atoms with van der Waals surface area (Å²) in [7, 11) is 5.91. The van der Waals surface area contributed by atoms with Gasteiger partial charge in [0.05, 0.1) is 70.7 Å². The van der Waals surface area contributed by atoms with Crippen molar-refractivity contribution in [1.29, 1.82) is 0 Å². The van der Waals surface area contributed by atoms with Gasteiger partial charge in [0.25, 0.3) is 0 Å². The number of benzene rings is 2. The van der Waals surface area contributed by atoms with Gasteiger partial charge in [-0.3, -0.25) is 24.2 Å². The highest BCUT2D eigenvalue weighted by molar-refractivity contribution is 5.99. The van der Waals surface area contributed by atoms with Crippen molar-refractivity contribution in [3.63, 3.8) is 0 Å². The zero-order valence-electron chi connectivity index (χ0n) is 27.4. The molecule has 10 N–H and O–H groups in total. The number of nitrogens with one attached hydrogen (secondary N) is 3. The van der Waals surface area contributed by atoms with Crippen LogP contribution in [-0.4, -0.2) is 103 Å². The third-order valence-corrected chi connectivity index (χ3v) is 6.95. The Hall–Kier alpha value is -6.11. The van der Waals surface area contributed by atoms with Crippen LogP contribution in [0, 0.1) is 0 Å². The maximum absolute atomic E-state index is 13.6. The number of ether oxygens (including phenoxy) is 4. The van der Waals surface area contributed by atoms with Crippen molar-refractivity contribution < 1.29 is 43.2 Å². The number of anilines is 1. The Morgan fingerprint density at radius 1 is 0.959 bits per heavy atom. The van der Waals surface area contributed by atoms with E-state index < -0.39 is 48.7 Å². The molecular formula is C30H40N10O9. The van der Waals surface area contributed by atoms with Gasteiger partial charge in [-0.1, -0.05) is 5.21 Å². The predicted octanol–water partition coefficient (Wildman–Crippen LogP) is -0.636. The van der Waals surface area contributed by atoms with Gasteiger partial charge in [-0.05, 0) is 31.0 Å². The number of aromatic nitrogens is 3. The average molecular weight is 685 g/mol. The fraction of sp³-hybridized carbons (Fsp3) is 0.367. The average Bonchev–Trinajstić information content (AvgIpc) is 3.57. The van der Waals surface area contributed by atoms with Crippen molar-refractivity contribution in [3.8, 4) is 39.9 Å². The van der Waals surface area contributed by atoms with Gasteiger partial charge in [0.1, 0.15) is 11.8 Å². The van der Waals surface area contributed by atoms with Crippen molar-refractivity contribution >= 4 is 35.3 Å². The van der Waals surface area contributed by atoms with E-state index in [4.69, 9.17) is 41.3 Å². The number of rotatable bonds is 18. The minimum Gasteiger partial charge on any atom is -0.495 e. The highest BCUT2D eigenvalue weighted by Crippen LogP contribution is 2.40. The first-order valence-corrected chi connectivity index (χ1v) is 14.7. The first kappa shape index (κ1) is 37.3. The van der Waals surface area contributed by atoms with E-state index in [1.165, 1.54) is 34.6 Å². The van der Waals surface area contributed by atoms with Crippen molar-refractivity contribution in [3.05, 3.63) is 36.5 Å². The summed E-state index contributed by atoms with van der Waals surface area (Å²) < 4.78 is 23.4. The summed E-state index contributed by atoms with van der Waals surface area (Å²) in [5.74, 6) is -2.07. The lowest BCUT2D eigenvalue weighted by Gasteiger charge is -2.20. The summed E-state index contributed by atoms with van der Waals surface area (Å²) >= 11 is 0. The Morgan fingerprint density at radius 2 is 1.63 bits per heavy atom. The summed E-state index contributed by atoms with van der Waals surface area (Å²) in [5.41, 5.74) is 18.3. The van der Waals surface area contributed by atoms with Gasteiger partial charge >= 0.3 is 5.97 Å². The Kier molecular flexibility index (Phi) is 13.5. The van der Waals surface area contributed by atoms with Gasteiger partial charge in [0.15, 0.2) is 17.5 Å². The van der Waals surface area contributed by atoms with Crippen LogP contribution < -0.4 is 52.1 Å². The quantitative estimate of drug-likeness (QED) is 0.0499. The van der Waals surface area contributed by atoms with E-state index in [1.807, 2.05) is 0 Å². The molecule has 1 heterocycles. The first-order valence-electron chi connectivity index (χ1n) is 14.7. The van der Waals surface area contributed by atoms with Gasteiger partial charge in [-0.15, -0.1) is 5.10 Å². The zero-order valence-corrected chi connectivity index (χ0v) is 27.4. The number of aliphatic imine (C=N–C) groups is 1. The first-order chi connectivity index (χ1) is 23.4. The summed E-state index contributed by atoms with van der Waals surface area (Å²) in [6, 6.07) is 5.96. The maximum atomic E-state index is 13.6. The minimum absolute atomic E-state index is 0.112. The molecule has 3 amide bonds. The molecule has 0 bridgehead atoms. The molecule has 2 atom stereocenters. The number of guanidine groups is 1. The number of amides is 3. The fourth-order valence-electron chi connectivity index (χ4n) is 4.59. The molecule has 2 aromatic carbocycles. The smallest absolute Gasteiger partial charge is 0.305 e. The van der Waals surface area contributed by atoms with Crippen LogP contribution in [0.1, 0.15) is 19.3 Å². The molecule has 3 aromatic rings. The third kappa shape index (κ3) is 10.2. The number of aliphatic carboxylic acids is 1. The second-order valence-electron chi connectivity index (χ2n) is 10.3. The molecule has 0 spiro atoms. The highest BCUT2D eigenvalue weighted by atomic mass is 16.5. The van der Waals surface area contributed by atoms with E-state index in [-0.39, 0.29) is 24.6 Å². The SMILES string of the molecule is COc1ccc(-c2cnnn2-c2cc(OC)c(OC)c(OC)c2)cc1NC(=O)[C@@H](CCCN=C(N)N)NC(=O)CNC(=O)C(N)CC(=O)O. The van der Waals surface area contributed by atoms with Crippen LogP contribution in [0.25, 0.3) is 16.9 Å². The van der Waals surface area contributed by atoms with Crippen molar-refractivity contribution in [2.24, 2.45) is 22.2 Å². The minimum atomic E-state index is -1.36. The maximum Gasteiger partial charge on any atom is 0.305 e. The molecule has 0 saturated heterocycles. The standard InChI is InChI=1S/C30H40N10O9/c1-46-22-8-7-16(21-14-36-39-40(21)17-11-23(47-2)27(49-4)24(12-17)48-3)10-20(22)38-29(45)19(6-5-9-34-30(32)33)37-25(41)15-35-28(44)18(31)13-26(42)43/h7-8,10-12,14,18-19H,5-6,9,13,15,31H2,1-4H3,(H,35,44)(H,37,41)(H,38,45)(H,42,43)(H4,32,33,34)/t18?,19-/m1/s1. The van der Waals surface area contributed by atoms with E-state index in [0.29, 0.717) is 46.4 Å². The second-order valence-corrected chi connectivity index (χ2v) is 10.3. The molecule has 19 nitrogen and oxygen atoms in total. The van der Waals surface area contributed by atoms with Crippen LogP contribution in [0.15, 0.2) is 41.5 Å². The normalized spacial score (nSPS) is 11.8. The van der Waals surface area contributed by atoms with E-state index >= 15 is 0 Å². The summed E-state index contributed by atoms with van der Waals surface area (Å²) in [6.45, 7) is -0.375. The molecule has 0 radical (unpaired) electrons. The van der Waals surface area contributed by atoms with Crippen molar-refractivity contribution in [1.82, 2.24) is 25.6 Å². The molecule has 19 heteroatoms. The molecule has 0 aliphatic carbocycles. The number of hydrogen-bond acceptors (Lipinski definition) is 12. The fourth-order valence-corrected chi connectivity index (χ4v) is 4.59. The topological polar surface area (TPSA) is 283 Å². The Labute approximate surface area is 281 Å². The van der Waals surface area contributed by atoms with Crippen LogP contribution in [0.5, 0.6) is 23.0 Å². The van der Waals surface area contributed by atoms with Crippen LogP contribution in [0.4, 0.5) is 5.69 Å². The molecule has 0 aliphatic heterocycles. The van der Waals surface area contributed by atoms with E-state index in [0.717, 1.165) is 0 Å². The van der Waals surface area contributed by atoms with Crippen molar-refractivity contribution in [2.75, 3.05) is 46.8 Å². The van der Waals surface area contributed by atoms with Gasteiger partial charge in [-0.2, -0.15) is 0 Å². The molecule has 0 saturated carbocycles. The van der Waals surface area contributed by atoms with Gasteiger partial charge in [-0.25, -0.2) is 4.68 Å². The molecule has 3 rings (SSSR count). The number of nitrogens with two attached hydrogens (primary N) is 3. The lowest BCUT2D eigenvalue weighted by atomic mass is 10.1. The molecule has 1 aromatic heterocycles. The molecule has 49 heavy (non-hydrogen) atoms. The van der Waals surface area contributed by atoms with Gasteiger partial charge in [0, 0.05) is 24.2 Å². The number of nitrogens with zero attached hydrogens (tertiary/aromatic N) is 4. The van der Waals surface area contributed by atoms with Crippen LogP contribution >= 0.6 is 0 Å². The Balaban J connectivity index is 1.88. The molecule has 1 unspecified atom stereocenters. The predicted molar refractivity (Wildman–Crippen MR) is 177 cm³/mol. The Bertz CT molecular complexity index is 1650. The third-order valence-electron chi connectivity index (χ3n) is 6.95. The number of carboxylic acids is 1. The Morgan fingerprint density at radius 3 is 2.22 bits per heavy atom. The molecule has 264 valence electrons. The summed E-state index contributed by atoms with van der Waals surface area (Å²) in [5, 5.41) is 24.8. The van der Waals surface area contributed by atoms with Gasteiger partial charge < -0.3 is 57.2 Å². The van der Waals surface area contributed by atoms with E-state index in [9.17, 15) is 19.2 Å². The van der Waals surface area contributed by atoms with Gasteiger partial charge in [0.2, 0.25) is 23.5 Å². The van der Waals surface area contributed by atoms with E-state index in [1.54, 1.807) is 35.0 Å². The lowest BCUT2D eigenvalue weighted by molar-refractivity contribution is -0.139. The number of carbonyl (C=O) groups is 4. The largest absolute Gasteiger partial charge is 0.495 e. The number of hydrogen-bond donors (Lipinski definition) is 7. The monoisotopic (exact) mass is 684 g/mol. The summed E-state index contributed by atoms with van der Waals surface area (Å²) in [6.07, 6.45) is 1.33. The molecule has 0 aliphatic rings. The van der Waals surface area contributed by atoms with Crippen LogP contribution in [0.3, 0.4) is 0 Å².